The second kappa shape index (κ2) is 7.16. The van der Waals surface area contributed by atoms with Gasteiger partial charge >= 0.3 is 0 Å². The third-order valence-corrected chi connectivity index (χ3v) is 6.15. The summed E-state index contributed by atoms with van der Waals surface area (Å²) in [7, 11) is 1.71. The number of likely N-dealkylation sites (tertiary alicyclic amines) is 1. The van der Waals surface area contributed by atoms with Gasteiger partial charge in [-0.3, -0.25) is 4.90 Å². The summed E-state index contributed by atoms with van der Waals surface area (Å²) >= 11 is 0. The Kier molecular flexibility index (Phi) is 4.85. The SMILES string of the molecule is COc1cccc(CN2CC[C@H]3[C@@H](C2)CC(C)(C)N3c2cccc(F)c2)c1. The lowest BCUT2D eigenvalue weighted by atomic mass is 9.89. The highest BCUT2D eigenvalue weighted by atomic mass is 19.1. The van der Waals surface area contributed by atoms with Crippen LogP contribution in [0.5, 0.6) is 5.75 Å². The maximum Gasteiger partial charge on any atom is 0.125 e. The van der Waals surface area contributed by atoms with Crippen LogP contribution in [-0.2, 0) is 6.54 Å². The van der Waals surface area contributed by atoms with Crippen molar-refractivity contribution in [3.8, 4) is 5.75 Å². The maximum atomic E-state index is 13.8. The van der Waals surface area contributed by atoms with Crippen LogP contribution in [0.2, 0.25) is 0 Å². The Morgan fingerprint density at radius 2 is 1.96 bits per heavy atom. The zero-order valence-corrected chi connectivity index (χ0v) is 16.5. The van der Waals surface area contributed by atoms with Crippen molar-refractivity contribution >= 4 is 5.69 Å². The van der Waals surface area contributed by atoms with Crippen molar-refractivity contribution < 1.29 is 9.13 Å². The van der Waals surface area contributed by atoms with Crippen LogP contribution in [0.4, 0.5) is 10.1 Å². The number of fused-ring (bicyclic) bond motifs is 1. The Morgan fingerprint density at radius 1 is 1.15 bits per heavy atom. The van der Waals surface area contributed by atoms with Gasteiger partial charge in [0, 0.05) is 36.9 Å². The fourth-order valence-electron chi connectivity index (χ4n) is 5.16. The molecular formula is C23H29FN2O. The highest BCUT2D eigenvalue weighted by Gasteiger charge is 2.48. The topological polar surface area (TPSA) is 15.7 Å². The molecular weight excluding hydrogens is 339 g/mol. The van der Waals surface area contributed by atoms with Crippen LogP contribution in [0.15, 0.2) is 48.5 Å². The lowest BCUT2D eigenvalue weighted by Gasteiger charge is -2.42. The van der Waals surface area contributed by atoms with Gasteiger partial charge in [-0.25, -0.2) is 4.39 Å². The number of hydrogen-bond donors (Lipinski definition) is 0. The van der Waals surface area contributed by atoms with E-state index in [1.54, 1.807) is 13.2 Å². The summed E-state index contributed by atoms with van der Waals surface area (Å²) in [6, 6.07) is 15.9. The Hall–Kier alpha value is -2.07. The second-order valence-corrected chi connectivity index (χ2v) is 8.57. The molecule has 0 radical (unpaired) electrons. The van der Waals surface area contributed by atoms with E-state index in [4.69, 9.17) is 4.74 Å². The largest absolute Gasteiger partial charge is 0.497 e. The maximum absolute atomic E-state index is 13.8. The number of benzene rings is 2. The van der Waals surface area contributed by atoms with Crippen molar-refractivity contribution in [1.82, 2.24) is 4.90 Å². The lowest BCUT2D eigenvalue weighted by molar-refractivity contribution is 0.161. The van der Waals surface area contributed by atoms with Crippen LogP contribution in [0.1, 0.15) is 32.3 Å². The molecule has 0 aromatic heterocycles. The molecule has 144 valence electrons. The van der Waals surface area contributed by atoms with E-state index in [1.165, 1.54) is 11.6 Å². The number of hydrogen-bond acceptors (Lipinski definition) is 3. The fourth-order valence-corrected chi connectivity index (χ4v) is 5.16. The molecule has 4 rings (SSSR count). The van der Waals surface area contributed by atoms with Gasteiger partial charge in [-0.05, 0) is 68.5 Å². The minimum absolute atomic E-state index is 0.0507. The predicted octanol–water partition coefficient (Wildman–Crippen LogP) is 4.71. The monoisotopic (exact) mass is 368 g/mol. The van der Waals surface area contributed by atoms with Gasteiger partial charge in [0.25, 0.3) is 0 Å². The molecule has 2 aliphatic rings. The predicted molar refractivity (Wildman–Crippen MR) is 108 cm³/mol. The molecule has 3 nitrogen and oxygen atoms in total. The van der Waals surface area contributed by atoms with Gasteiger partial charge in [-0.1, -0.05) is 18.2 Å². The first-order chi connectivity index (χ1) is 13.0. The highest BCUT2D eigenvalue weighted by Crippen LogP contribution is 2.44. The van der Waals surface area contributed by atoms with Gasteiger partial charge in [0.15, 0.2) is 0 Å². The molecule has 2 heterocycles. The molecule has 2 aromatic carbocycles. The molecule has 0 bridgehead atoms. The molecule has 0 unspecified atom stereocenters. The average Bonchev–Trinajstić information content (AvgIpc) is 2.91. The number of methoxy groups -OCH3 is 1. The number of piperidine rings is 1. The standard InChI is InChI=1S/C23H29FN2O/c1-23(2)14-18-16-25(15-17-6-4-9-21(12-17)27-3)11-10-22(18)26(23)20-8-5-7-19(24)13-20/h4-9,12-13,18,22H,10-11,14-16H2,1-3H3/t18-,22+/m1/s1. The molecule has 2 fully saturated rings. The summed E-state index contributed by atoms with van der Waals surface area (Å²) in [5, 5.41) is 0. The first-order valence-corrected chi connectivity index (χ1v) is 9.86. The first-order valence-electron chi connectivity index (χ1n) is 9.86. The third-order valence-electron chi connectivity index (χ3n) is 6.15. The normalized spacial score (nSPS) is 24.7. The summed E-state index contributed by atoms with van der Waals surface area (Å²) < 4.78 is 19.2. The lowest BCUT2D eigenvalue weighted by Crippen LogP contribution is -2.48. The van der Waals surface area contributed by atoms with E-state index in [1.807, 2.05) is 12.1 Å². The molecule has 0 saturated carbocycles. The number of halogens is 1. The molecule has 0 spiro atoms. The number of rotatable bonds is 4. The minimum Gasteiger partial charge on any atom is -0.497 e. The third kappa shape index (κ3) is 3.68. The minimum atomic E-state index is -0.151. The van der Waals surface area contributed by atoms with E-state index in [2.05, 4.69) is 47.9 Å². The van der Waals surface area contributed by atoms with Crippen molar-refractivity contribution in [2.45, 2.75) is 44.8 Å². The van der Waals surface area contributed by atoms with E-state index >= 15 is 0 Å². The van der Waals surface area contributed by atoms with E-state index in [-0.39, 0.29) is 11.4 Å². The Balaban J connectivity index is 1.49. The zero-order valence-electron chi connectivity index (χ0n) is 16.5. The molecule has 0 amide bonds. The summed E-state index contributed by atoms with van der Waals surface area (Å²) in [6.45, 7) is 7.71. The zero-order chi connectivity index (χ0) is 19.0. The second-order valence-electron chi connectivity index (χ2n) is 8.57. The van der Waals surface area contributed by atoms with Crippen LogP contribution in [0.3, 0.4) is 0 Å². The van der Waals surface area contributed by atoms with Crippen molar-refractivity contribution in [1.29, 1.82) is 0 Å². The van der Waals surface area contributed by atoms with E-state index in [0.717, 1.165) is 43.9 Å². The molecule has 2 aliphatic heterocycles. The van der Waals surface area contributed by atoms with Gasteiger partial charge in [0.2, 0.25) is 0 Å². The van der Waals surface area contributed by atoms with Crippen molar-refractivity contribution in [3.63, 3.8) is 0 Å². The van der Waals surface area contributed by atoms with Crippen LogP contribution in [-0.4, -0.2) is 36.7 Å². The van der Waals surface area contributed by atoms with Crippen LogP contribution < -0.4 is 9.64 Å². The van der Waals surface area contributed by atoms with Crippen molar-refractivity contribution in [2.75, 3.05) is 25.1 Å². The van der Waals surface area contributed by atoms with Crippen LogP contribution in [0, 0.1) is 11.7 Å². The summed E-state index contributed by atoms with van der Waals surface area (Å²) in [5.74, 6) is 1.38. The van der Waals surface area contributed by atoms with Crippen molar-refractivity contribution in [2.24, 2.45) is 5.92 Å². The smallest absolute Gasteiger partial charge is 0.125 e. The Labute approximate surface area is 161 Å². The number of nitrogens with zero attached hydrogens (tertiary/aromatic N) is 2. The summed E-state index contributed by atoms with van der Waals surface area (Å²) in [5.41, 5.74) is 2.37. The van der Waals surface area contributed by atoms with Gasteiger partial charge in [0.05, 0.1) is 7.11 Å². The summed E-state index contributed by atoms with van der Waals surface area (Å²) in [6.07, 6.45) is 2.26. The van der Waals surface area contributed by atoms with E-state index in [9.17, 15) is 4.39 Å². The quantitative estimate of drug-likeness (QED) is 0.777. The average molecular weight is 368 g/mol. The van der Waals surface area contributed by atoms with Gasteiger partial charge in [-0.15, -0.1) is 0 Å². The molecule has 2 saturated heterocycles. The molecule has 2 aromatic rings. The van der Waals surface area contributed by atoms with Gasteiger partial charge in [-0.2, -0.15) is 0 Å². The molecule has 0 N–H and O–H groups in total. The van der Waals surface area contributed by atoms with E-state index in [0.29, 0.717) is 12.0 Å². The van der Waals surface area contributed by atoms with E-state index < -0.39 is 0 Å². The Morgan fingerprint density at radius 3 is 2.74 bits per heavy atom. The first kappa shape index (κ1) is 18.3. The summed E-state index contributed by atoms with van der Waals surface area (Å²) in [4.78, 5) is 5.03. The van der Waals surface area contributed by atoms with Crippen LogP contribution in [0.25, 0.3) is 0 Å². The fraction of sp³-hybridized carbons (Fsp3) is 0.478. The Bertz CT molecular complexity index is 806. The highest BCUT2D eigenvalue weighted by molar-refractivity contribution is 5.52. The number of anilines is 1. The van der Waals surface area contributed by atoms with Crippen molar-refractivity contribution in [3.05, 3.63) is 59.9 Å². The van der Waals surface area contributed by atoms with Crippen LogP contribution >= 0.6 is 0 Å². The van der Waals surface area contributed by atoms with Gasteiger partial charge in [0.1, 0.15) is 11.6 Å². The molecule has 2 atom stereocenters. The molecule has 0 aliphatic carbocycles. The molecule has 27 heavy (non-hydrogen) atoms. The number of ether oxygens (including phenoxy) is 1. The van der Waals surface area contributed by atoms with Gasteiger partial charge < -0.3 is 9.64 Å². The molecule has 4 heteroatoms.